The van der Waals surface area contributed by atoms with Crippen molar-refractivity contribution >= 4 is 27.3 Å². The van der Waals surface area contributed by atoms with Crippen molar-refractivity contribution in [3.05, 3.63) is 53.6 Å². The number of para-hydroxylation sites is 1. The third kappa shape index (κ3) is 5.50. The van der Waals surface area contributed by atoms with E-state index in [4.69, 9.17) is 4.74 Å². The lowest BCUT2D eigenvalue weighted by Crippen LogP contribution is -2.45. The van der Waals surface area contributed by atoms with Gasteiger partial charge in [0.25, 0.3) is 0 Å². The highest BCUT2D eigenvalue weighted by atomic mass is 32.2. The van der Waals surface area contributed by atoms with Crippen molar-refractivity contribution in [3.63, 3.8) is 0 Å². The van der Waals surface area contributed by atoms with Crippen LogP contribution in [0, 0.1) is 6.92 Å². The van der Waals surface area contributed by atoms with Gasteiger partial charge in [-0.2, -0.15) is 0 Å². The average Bonchev–Trinajstić information content (AvgIpc) is 2.63. The van der Waals surface area contributed by atoms with Gasteiger partial charge in [0.1, 0.15) is 11.8 Å². The average molecular weight is 419 g/mol. The fraction of sp³-hybridized carbons (Fsp3) is 0.409. The molecule has 7 heteroatoms. The van der Waals surface area contributed by atoms with Crippen LogP contribution < -0.4 is 14.4 Å². The van der Waals surface area contributed by atoms with Gasteiger partial charge in [0.2, 0.25) is 15.9 Å². The van der Waals surface area contributed by atoms with Gasteiger partial charge >= 0.3 is 0 Å². The minimum atomic E-state index is -3.68. The number of amides is 1. The third-order valence-electron chi connectivity index (χ3n) is 4.67. The van der Waals surface area contributed by atoms with Crippen molar-refractivity contribution in [1.82, 2.24) is 0 Å². The Labute approximate surface area is 173 Å². The van der Waals surface area contributed by atoms with Crippen LogP contribution in [0.1, 0.15) is 44.7 Å². The van der Waals surface area contributed by atoms with E-state index in [1.165, 1.54) is 0 Å². The lowest BCUT2D eigenvalue weighted by Gasteiger charge is -2.29. The molecule has 1 atom stereocenters. The molecule has 0 spiro atoms. The number of hydrogen-bond acceptors (Lipinski definition) is 4. The highest BCUT2D eigenvalue weighted by molar-refractivity contribution is 7.92. The predicted molar refractivity (Wildman–Crippen MR) is 118 cm³/mol. The number of rotatable bonds is 8. The molecule has 0 saturated carbocycles. The van der Waals surface area contributed by atoms with Crippen molar-refractivity contribution in [3.8, 4) is 5.75 Å². The maximum atomic E-state index is 13.0. The van der Waals surface area contributed by atoms with E-state index in [0.717, 1.165) is 27.4 Å². The zero-order valence-corrected chi connectivity index (χ0v) is 18.7. The van der Waals surface area contributed by atoms with E-state index in [0.29, 0.717) is 18.0 Å². The van der Waals surface area contributed by atoms with Gasteiger partial charge in [-0.15, -0.1) is 0 Å². The Kier molecular flexibility index (Phi) is 7.30. The van der Waals surface area contributed by atoms with Crippen LogP contribution in [0.3, 0.4) is 0 Å². The molecule has 0 fully saturated rings. The largest absolute Gasteiger partial charge is 0.494 e. The van der Waals surface area contributed by atoms with Crippen molar-refractivity contribution in [2.45, 2.75) is 46.6 Å². The first-order chi connectivity index (χ1) is 13.6. The van der Waals surface area contributed by atoms with Crippen LogP contribution >= 0.6 is 0 Å². The quantitative estimate of drug-likeness (QED) is 0.693. The first-order valence-corrected chi connectivity index (χ1v) is 11.5. The molecule has 2 aromatic carbocycles. The monoisotopic (exact) mass is 418 g/mol. The number of benzene rings is 2. The summed E-state index contributed by atoms with van der Waals surface area (Å²) in [6.45, 7) is 10.0. The molecule has 0 bridgehead atoms. The standard InChI is InChI=1S/C22H30N2O4S/c1-7-28-19-13-11-18(12-14-19)24(29(6,26)27)17(5)22(25)23-21-16(4)9-8-10-20(21)15(2)3/h8-15,17H,7H2,1-6H3,(H,23,25)/t17-/m0/s1. The van der Waals surface area contributed by atoms with Crippen LogP contribution in [0.2, 0.25) is 0 Å². The summed E-state index contributed by atoms with van der Waals surface area (Å²) in [5.74, 6) is 0.474. The van der Waals surface area contributed by atoms with Crippen LogP contribution in [0.25, 0.3) is 0 Å². The van der Waals surface area contributed by atoms with Crippen LogP contribution in [0.4, 0.5) is 11.4 Å². The molecule has 6 nitrogen and oxygen atoms in total. The molecule has 158 valence electrons. The number of hydrogen-bond donors (Lipinski definition) is 1. The molecule has 0 unspecified atom stereocenters. The fourth-order valence-corrected chi connectivity index (χ4v) is 4.41. The van der Waals surface area contributed by atoms with Crippen molar-refractivity contribution in [2.75, 3.05) is 22.5 Å². The van der Waals surface area contributed by atoms with E-state index in [1.807, 2.05) is 32.0 Å². The Morgan fingerprint density at radius 3 is 2.24 bits per heavy atom. The summed E-state index contributed by atoms with van der Waals surface area (Å²) in [5.41, 5.74) is 3.09. The Hall–Kier alpha value is -2.54. The normalized spacial score (nSPS) is 12.5. The van der Waals surface area contributed by atoms with Crippen molar-refractivity contribution < 1.29 is 17.9 Å². The van der Waals surface area contributed by atoms with E-state index in [1.54, 1.807) is 31.2 Å². The van der Waals surface area contributed by atoms with Gasteiger partial charge in [-0.1, -0.05) is 32.0 Å². The summed E-state index contributed by atoms with van der Waals surface area (Å²) < 4.78 is 31.5. The van der Waals surface area contributed by atoms with Crippen LogP contribution in [0.5, 0.6) is 5.75 Å². The van der Waals surface area contributed by atoms with Gasteiger partial charge in [-0.05, 0) is 62.1 Å². The van der Waals surface area contributed by atoms with Crippen LogP contribution in [0.15, 0.2) is 42.5 Å². The summed E-state index contributed by atoms with van der Waals surface area (Å²) in [7, 11) is -3.68. The third-order valence-corrected chi connectivity index (χ3v) is 5.91. The topological polar surface area (TPSA) is 75.7 Å². The fourth-order valence-electron chi connectivity index (χ4n) is 3.23. The minimum Gasteiger partial charge on any atom is -0.494 e. The second kappa shape index (κ2) is 9.31. The maximum Gasteiger partial charge on any atom is 0.248 e. The molecular formula is C22H30N2O4S. The van der Waals surface area contributed by atoms with E-state index in [9.17, 15) is 13.2 Å². The summed E-state index contributed by atoms with van der Waals surface area (Å²) in [5, 5.41) is 2.94. The number of nitrogens with zero attached hydrogens (tertiary/aromatic N) is 1. The Balaban J connectivity index is 2.35. The molecule has 2 rings (SSSR count). The Morgan fingerprint density at radius 1 is 1.10 bits per heavy atom. The number of nitrogens with one attached hydrogen (secondary N) is 1. The summed E-state index contributed by atoms with van der Waals surface area (Å²) >= 11 is 0. The highest BCUT2D eigenvalue weighted by Crippen LogP contribution is 2.29. The molecule has 0 aliphatic carbocycles. The molecular weight excluding hydrogens is 388 g/mol. The number of sulfonamides is 1. The number of anilines is 2. The summed E-state index contributed by atoms with van der Waals surface area (Å²) in [6.07, 6.45) is 1.10. The second-order valence-corrected chi connectivity index (χ2v) is 9.20. The smallest absolute Gasteiger partial charge is 0.248 e. The van der Waals surface area contributed by atoms with Gasteiger partial charge < -0.3 is 10.1 Å². The zero-order chi connectivity index (χ0) is 21.8. The zero-order valence-electron chi connectivity index (χ0n) is 17.9. The van der Waals surface area contributed by atoms with Crippen LogP contribution in [-0.4, -0.2) is 33.2 Å². The predicted octanol–water partition coefficient (Wildman–Crippen LogP) is 4.31. The first kappa shape index (κ1) is 22.7. The summed E-state index contributed by atoms with van der Waals surface area (Å²) in [4.78, 5) is 13.0. The molecule has 2 aromatic rings. The van der Waals surface area contributed by atoms with Gasteiger partial charge in [0.05, 0.1) is 18.6 Å². The Bertz CT molecular complexity index is 953. The summed E-state index contributed by atoms with van der Waals surface area (Å²) in [6, 6.07) is 11.6. The lowest BCUT2D eigenvalue weighted by atomic mass is 9.98. The van der Waals surface area contributed by atoms with Gasteiger partial charge in [0.15, 0.2) is 0 Å². The molecule has 0 heterocycles. The molecule has 0 aliphatic rings. The highest BCUT2D eigenvalue weighted by Gasteiger charge is 2.30. The Morgan fingerprint density at radius 2 is 1.72 bits per heavy atom. The second-order valence-electron chi connectivity index (χ2n) is 7.34. The van der Waals surface area contributed by atoms with E-state index in [-0.39, 0.29) is 11.8 Å². The van der Waals surface area contributed by atoms with Crippen LogP contribution in [-0.2, 0) is 14.8 Å². The SMILES string of the molecule is CCOc1ccc(N([C@@H](C)C(=O)Nc2c(C)cccc2C(C)C)S(C)(=O)=O)cc1. The van der Waals surface area contributed by atoms with Gasteiger partial charge in [0, 0.05) is 5.69 Å². The lowest BCUT2D eigenvalue weighted by molar-refractivity contribution is -0.116. The molecule has 0 saturated heterocycles. The number of carbonyl (C=O) groups is 1. The van der Waals surface area contributed by atoms with Crippen molar-refractivity contribution in [1.29, 1.82) is 0 Å². The van der Waals surface area contributed by atoms with Crippen molar-refractivity contribution in [2.24, 2.45) is 0 Å². The number of aryl methyl sites for hydroxylation is 1. The number of carbonyl (C=O) groups excluding carboxylic acids is 1. The number of ether oxygens (including phenoxy) is 1. The van der Waals surface area contributed by atoms with E-state index >= 15 is 0 Å². The molecule has 1 amide bonds. The molecule has 1 N–H and O–H groups in total. The molecule has 29 heavy (non-hydrogen) atoms. The van der Waals surface area contributed by atoms with E-state index in [2.05, 4.69) is 19.2 Å². The minimum absolute atomic E-state index is 0.220. The maximum absolute atomic E-state index is 13.0. The van der Waals surface area contributed by atoms with Gasteiger partial charge in [-0.25, -0.2) is 8.42 Å². The van der Waals surface area contributed by atoms with E-state index < -0.39 is 16.1 Å². The first-order valence-electron chi connectivity index (χ1n) is 9.68. The van der Waals surface area contributed by atoms with Gasteiger partial charge in [-0.3, -0.25) is 9.10 Å². The molecule has 0 aliphatic heterocycles. The molecule has 0 aromatic heterocycles. The molecule has 0 radical (unpaired) electrons.